The number of H-pyrrole nitrogens is 1. The van der Waals surface area contributed by atoms with Crippen LogP contribution in [0.4, 0.5) is 11.5 Å². The van der Waals surface area contributed by atoms with Crippen molar-refractivity contribution < 1.29 is 8.42 Å². The maximum absolute atomic E-state index is 12.6. The molecule has 9 heteroatoms. The largest absolute Gasteiger partial charge is 0.338 e. The molecule has 0 bridgehead atoms. The minimum Gasteiger partial charge on any atom is -0.338 e. The molecule has 0 amide bonds. The first-order valence-electron chi connectivity index (χ1n) is 10.4. The van der Waals surface area contributed by atoms with Gasteiger partial charge < -0.3 is 10.3 Å². The van der Waals surface area contributed by atoms with Gasteiger partial charge in [-0.15, -0.1) is 0 Å². The molecule has 4 rings (SSSR count). The van der Waals surface area contributed by atoms with Crippen LogP contribution in [0.5, 0.6) is 0 Å². The molecule has 0 radical (unpaired) electrons. The third-order valence-electron chi connectivity index (χ3n) is 5.91. The molecular formula is C22H25N5O3S. The Hall–Kier alpha value is -3.12. The molecule has 1 fully saturated rings. The van der Waals surface area contributed by atoms with Gasteiger partial charge in [-0.3, -0.25) is 9.48 Å². The molecule has 0 saturated heterocycles. The van der Waals surface area contributed by atoms with E-state index in [0.717, 1.165) is 25.7 Å². The number of hydrogen-bond donors (Lipinski definition) is 2. The van der Waals surface area contributed by atoms with Crippen molar-refractivity contribution in [1.82, 2.24) is 14.8 Å². The summed E-state index contributed by atoms with van der Waals surface area (Å²) in [5.41, 5.74) is 1.03. The summed E-state index contributed by atoms with van der Waals surface area (Å²) in [7, 11) is -3.36. The molecule has 2 N–H and O–H groups in total. The first kappa shape index (κ1) is 21.1. The Balaban J connectivity index is 1.74. The van der Waals surface area contributed by atoms with Crippen molar-refractivity contribution in [2.45, 2.75) is 55.7 Å². The number of hydrogen-bond acceptors (Lipinski definition) is 6. The zero-order valence-corrected chi connectivity index (χ0v) is 18.3. The number of aromatic nitrogens is 3. The molecule has 3 aromatic rings. The summed E-state index contributed by atoms with van der Waals surface area (Å²) in [5, 5.41) is 17.4. The normalized spacial score (nSPS) is 19.4. The molecule has 2 heterocycles. The highest BCUT2D eigenvalue weighted by atomic mass is 32.2. The van der Waals surface area contributed by atoms with Gasteiger partial charge in [-0.1, -0.05) is 12.8 Å². The van der Waals surface area contributed by atoms with Gasteiger partial charge in [0.25, 0.3) is 5.56 Å². The molecule has 31 heavy (non-hydrogen) atoms. The second kappa shape index (κ2) is 8.19. The Morgan fingerprint density at radius 2 is 1.90 bits per heavy atom. The van der Waals surface area contributed by atoms with Gasteiger partial charge in [0.1, 0.15) is 5.39 Å². The fraction of sp³-hybridized carbons (Fsp3) is 0.409. The van der Waals surface area contributed by atoms with Gasteiger partial charge in [0.2, 0.25) is 0 Å². The molecule has 1 aromatic carbocycles. The minimum absolute atomic E-state index is 0.0860. The van der Waals surface area contributed by atoms with Gasteiger partial charge >= 0.3 is 0 Å². The highest BCUT2D eigenvalue weighted by Gasteiger charge is 2.30. The maximum atomic E-state index is 12.6. The predicted octanol–water partition coefficient (Wildman–Crippen LogP) is 3.91. The van der Waals surface area contributed by atoms with E-state index in [2.05, 4.69) is 21.5 Å². The lowest BCUT2D eigenvalue weighted by molar-refractivity contribution is 0.277. The lowest BCUT2D eigenvalue weighted by Crippen LogP contribution is -2.23. The van der Waals surface area contributed by atoms with Gasteiger partial charge in [-0.25, -0.2) is 8.42 Å². The maximum Gasteiger partial charge on any atom is 0.261 e. The number of rotatable bonds is 5. The van der Waals surface area contributed by atoms with Gasteiger partial charge in [-0.2, -0.15) is 10.4 Å². The van der Waals surface area contributed by atoms with E-state index in [1.54, 1.807) is 55.1 Å². The first-order valence-corrected chi connectivity index (χ1v) is 12.0. The molecule has 8 nitrogen and oxygen atoms in total. The van der Waals surface area contributed by atoms with Crippen LogP contribution < -0.4 is 10.9 Å². The fourth-order valence-electron chi connectivity index (χ4n) is 4.13. The van der Waals surface area contributed by atoms with E-state index in [-0.39, 0.29) is 22.4 Å². The van der Waals surface area contributed by atoms with Crippen LogP contribution in [0.3, 0.4) is 0 Å². The highest BCUT2D eigenvalue weighted by molar-refractivity contribution is 7.92. The Morgan fingerprint density at radius 3 is 2.58 bits per heavy atom. The SMILES string of the molecule is CC(C)S(=O)(=O)c1ccc(Nc2nn(C3CCCCC3C#N)c3cc[nH]c(=O)c23)cc1. The lowest BCUT2D eigenvalue weighted by Gasteiger charge is -2.27. The number of sulfone groups is 1. The van der Waals surface area contributed by atoms with E-state index >= 15 is 0 Å². The molecule has 1 saturated carbocycles. The van der Waals surface area contributed by atoms with Crippen molar-refractivity contribution in [2.24, 2.45) is 5.92 Å². The number of benzene rings is 1. The molecule has 2 unspecified atom stereocenters. The topological polar surface area (TPSA) is 121 Å². The number of pyridine rings is 1. The first-order chi connectivity index (χ1) is 14.8. The lowest BCUT2D eigenvalue weighted by atomic mass is 9.85. The number of nitriles is 1. The van der Waals surface area contributed by atoms with Crippen LogP contribution >= 0.6 is 0 Å². The van der Waals surface area contributed by atoms with E-state index in [9.17, 15) is 18.5 Å². The summed E-state index contributed by atoms with van der Waals surface area (Å²) < 4.78 is 26.5. The van der Waals surface area contributed by atoms with E-state index in [4.69, 9.17) is 0 Å². The number of aromatic amines is 1. The average molecular weight is 440 g/mol. The Bertz CT molecular complexity index is 1300. The third kappa shape index (κ3) is 3.83. The number of nitrogens with zero attached hydrogens (tertiary/aromatic N) is 3. The Kier molecular flexibility index (Phi) is 5.58. The summed E-state index contributed by atoms with van der Waals surface area (Å²) in [6.07, 6.45) is 5.28. The van der Waals surface area contributed by atoms with Gasteiger partial charge in [0.05, 0.1) is 33.7 Å². The molecule has 1 aliphatic rings. The summed E-state index contributed by atoms with van der Waals surface area (Å²) in [5.74, 6) is 0.239. The molecule has 0 spiro atoms. The second-order valence-corrected chi connectivity index (χ2v) is 10.7. The van der Waals surface area contributed by atoms with Crippen molar-refractivity contribution in [1.29, 1.82) is 5.26 Å². The molecule has 0 aliphatic heterocycles. The highest BCUT2D eigenvalue weighted by Crippen LogP contribution is 2.36. The van der Waals surface area contributed by atoms with Crippen LogP contribution in [-0.4, -0.2) is 28.4 Å². The van der Waals surface area contributed by atoms with E-state index < -0.39 is 15.1 Å². The van der Waals surface area contributed by atoms with Crippen LogP contribution in [0.2, 0.25) is 0 Å². The summed E-state index contributed by atoms with van der Waals surface area (Å²) >= 11 is 0. The van der Waals surface area contributed by atoms with E-state index in [1.165, 1.54) is 0 Å². The smallest absolute Gasteiger partial charge is 0.261 e. The average Bonchev–Trinajstić information content (AvgIpc) is 3.13. The van der Waals surface area contributed by atoms with Crippen molar-refractivity contribution in [2.75, 3.05) is 5.32 Å². The van der Waals surface area contributed by atoms with Crippen molar-refractivity contribution in [3.8, 4) is 6.07 Å². The van der Waals surface area contributed by atoms with E-state index in [1.807, 2.05) is 0 Å². The van der Waals surface area contributed by atoms with Crippen molar-refractivity contribution in [3.05, 3.63) is 46.9 Å². The standard InChI is InChI=1S/C22H25N5O3S/c1-14(2)31(29,30)17-9-7-16(8-10-17)25-21-20-19(11-12-24-22(20)28)27(26-21)18-6-4-3-5-15(18)13-23/h7-12,14-15,18H,3-6H2,1-2H3,(H,24,28)(H,25,26). The van der Waals surface area contributed by atoms with Crippen molar-refractivity contribution >= 4 is 32.2 Å². The minimum atomic E-state index is -3.36. The fourth-order valence-corrected chi connectivity index (χ4v) is 5.19. The Morgan fingerprint density at radius 1 is 1.19 bits per heavy atom. The van der Waals surface area contributed by atoms with Crippen LogP contribution in [0, 0.1) is 17.2 Å². The molecule has 162 valence electrons. The van der Waals surface area contributed by atoms with Gasteiger partial charge in [-0.05, 0) is 57.0 Å². The van der Waals surface area contributed by atoms with E-state index in [0.29, 0.717) is 22.4 Å². The predicted molar refractivity (Wildman–Crippen MR) is 119 cm³/mol. The monoisotopic (exact) mass is 439 g/mol. The molecule has 1 aliphatic carbocycles. The second-order valence-electron chi connectivity index (χ2n) is 8.19. The quantitative estimate of drug-likeness (QED) is 0.622. The zero-order valence-electron chi connectivity index (χ0n) is 17.5. The number of nitrogens with one attached hydrogen (secondary N) is 2. The Labute approximate surface area is 180 Å². The molecular weight excluding hydrogens is 414 g/mol. The number of anilines is 2. The van der Waals surface area contributed by atoms with Crippen LogP contribution in [0.25, 0.3) is 10.9 Å². The van der Waals surface area contributed by atoms with Crippen LogP contribution in [0.15, 0.2) is 46.2 Å². The van der Waals surface area contributed by atoms with Crippen molar-refractivity contribution in [3.63, 3.8) is 0 Å². The molecule has 2 atom stereocenters. The summed E-state index contributed by atoms with van der Waals surface area (Å²) in [4.78, 5) is 15.5. The van der Waals surface area contributed by atoms with Gasteiger partial charge in [0, 0.05) is 11.9 Å². The van der Waals surface area contributed by atoms with Gasteiger partial charge in [0.15, 0.2) is 15.7 Å². The third-order valence-corrected chi connectivity index (χ3v) is 8.08. The van der Waals surface area contributed by atoms with Crippen LogP contribution in [-0.2, 0) is 9.84 Å². The van der Waals surface area contributed by atoms with Crippen LogP contribution in [0.1, 0.15) is 45.6 Å². The summed E-state index contributed by atoms with van der Waals surface area (Å²) in [6.45, 7) is 3.29. The summed E-state index contributed by atoms with van der Waals surface area (Å²) in [6, 6.07) is 10.5. The number of fused-ring (bicyclic) bond motifs is 1. The zero-order chi connectivity index (χ0) is 22.2. The molecule has 2 aromatic heterocycles.